The van der Waals surface area contributed by atoms with Crippen molar-refractivity contribution in [2.75, 3.05) is 6.61 Å². The molecule has 0 saturated carbocycles. The zero-order valence-corrected chi connectivity index (χ0v) is 27.2. The Morgan fingerprint density at radius 1 is 0.792 bits per heavy atom. The Morgan fingerprint density at radius 2 is 1.50 bits per heavy atom. The molecule has 0 aliphatic heterocycles. The van der Waals surface area contributed by atoms with Crippen LogP contribution in [-0.2, 0) is 6.61 Å². The summed E-state index contributed by atoms with van der Waals surface area (Å²) in [5.41, 5.74) is 5.25. The van der Waals surface area contributed by atoms with Crippen molar-refractivity contribution >= 4 is 34.5 Å². The summed E-state index contributed by atoms with van der Waals surface area (Å²) >= 11 is 1.30. The van der Waals surface area contributed by atoms with Gasteiger partial charge in [-0.25, -0.2) is 4.68 Å². The van der Waals surface area contributed by atoms with E-state index in [0.717, 1.165) is 58.0 Å². The first kappa shape index (κ1) is 30.8. The summed E-state index contributed by atoms with van der Waals surface area (Å²) in [4.78, 5) is 18.6. The number of aromatic nitrogens is 5. The molecule has 7 rings (SSSR count). The second-order valence-corrected chi connectivity index (χ2v) is 12.2. The van der Waals surface area contributed by atoms with E-state index in [-0.39, 0.29) is 5.56 Å². The van der Waals surface area contributed by atoms with Gasteiger partial charge in [0.05, 0.1) is 16.8 Å². The third kappa shape index (κ3) is 7.11. The molecule has 0 saturated heterocycles. The summed E-state index contributed by atoms with van der Waals surface area (Å²) in [5.74, 6) is 2.09. The van der Waals surface area contributed by atoms with Gasteiger partial charge in [-0.2, -0.15) is 14.6 Å². The fourth-order valence-electron chi connectivity index (χ4n) is 5.12. The van der Waals surface area contributed by atoms with Crippen LogP contribution in [0, 0.1) is 0 Å². The van der Waals surface area contributed by atoms with E-state index >= 15 is 0 Å². The van der Waals surface area contributed by atoms with Crippen LogP contribution < -0.4 is 19.6 Å². The van der Waals surface area contributed by atoms with E-state index in [1.165, 1.54) is 15.9 Å². The molecular formula is C39H33N5O3S. The molecule has 0 fully saturated rings. The van der Waals surface area contributed by atoms with Crippen LogP contribution in [0.2, 0.25) is 0 Å². The van der Waals surface area contributed by atoms with Gasteiger partial charge < -0.3 is 9.47 Å². The molecule has 4 aromatic carbocycles. The fourth-order valence-corrected chi connectivity index (χ4v) is 6.03. The molecule has 3 aromatic heterocycles. The monoisotopic (exact) mass is 651 g/mol. The quantitative estimate of drug-likeness (QED) is 0.127. The minimum atomic E-state index is -0.223. The number of ether oxygens (including phenoxy) is 2. The number of para-hydroxylation sites is 1. The van der Waals surface area contributed by atoms with Crippen molar-refractivity contribution in [3.8, 4) is 28.4 Å². The lowest BCUT2D eigenvalue weighted by atomic mass is 10.1. The van der Waals surface area contributed by atoms with Crippen LogP contribution in [-0.4, -0.2) is 31.0 Å². The highest BCUT2D eigenvalue weighted by atomic mass is 32.1. The van der Waals surface area contributed by atoms with Crippen molar-refractivity contribution in [3.05, 3.63) is 153 Å². The molecular weight excluding hydrogens is 619 g/mol. The number of benzene rings is 4. The molecule has 0 N–H and O–H groups in total. The van der Waals surface area contributed by atoms with Crippen LogP contribution in [0.1, 0.15) is 42.3 Å². The molecule has 0 aliphatic carbocycles. The van der Waals surface area contributed by atoms with Crippen molar-refractivity contribution in [1.82, 2.24) is 24.4 Å². The Hall–Kier alpha value is -5.80. The van der Waals surface area contributed by atoms with Crippen molar-refractivity contribution in [3.63, 3.8) is 0 Å². The van der Waals surface area contributed by atoms with Gasteiger partial charge in [-0.15, -0.1) is 5.10 Å². The van der Waals surface area contributed by atoms with E-state index in [2.05, 4.69) is 17.0 Å². The number of rotatable bonds is 12. The second-order valence-electron chi connectivity index (χ2n) is 11.2. The molecule has 0 spiro atoms. The molecule has 9 heteroatoms. The highest BCUT2D eigenvalue weighted by Crippen LogP contribution is 2.27. The first-order valence-corrected chi connectivity index (χ1v) is 16.7. The maximum Gasteiger partial charge on any atom is 0.291 e. The number of unbranched alkanes of at least 4 members (excludes halogenated alkanes) is 1. The first-order chi connectivity index (χ1) is 23.6. The SMILES string of the molecule is CCCCOc1ccc(/C=C/c2nc3s/c(=C\c4cn(-c5ccccc5)nc4-c4ccc(OCc5ccccc5)cc4)c(=O)n3n2)cc1. The second kappa shape index (κ2) is 14.3. The smallest absolute Gasteiger partial charge is 0.291 e. The Balaban J connectivity index is 1.15. The van der Waals surface area contributed by atoms with Crippen LogP contribution in [0.25, 0.3) is 40.1 Å². The van der Waals surface area contributed by atoms with Crippen LogP contribution >= 0.6 is 11.3 Å². The van der Waals surface area contributed by atoms with Crippen molar-refractivity contribution in [2.45, 2.75) is 26.4 Å². The first-order valence-electron chi connectivity index (χ1n) is 15.9. The molecule has 0 unspecified atom stereocenters. The molecule has 0 bridgehead atoms. The summed E-state index contributed by atoms with van der Waals surface area (Å²) in [7, 11) is 0. The lowest BCUT2D eigenvalue weighted by molar-refractivity contribution is 0.306. The number of nitrogens with zero attached hydrogens (tertiary/aromatic N) is 5. The van der Waals surface area contributed by atoms with E-state index in [9.17, 15) is 4.79 Å². The van der Waals surface area contributed by atoms with Gasteiger partial charge in [0.2, 0.25) is 4.96 Å². The number of thiazole rings is 1. The van der Waals surface area contributed by atoms with Crippen LogP contribution in [0.5, 0.6) is 11.5 Å². The Labute approximate surface area is 281 Å². The summed E-state index contributed by atoms with van der Waals surface area (Å²) in [6.07, 6.45) is 9.67. The highest BCUT2D eigenvalue weighted by Gasteiger charge is 2.14. The van der Waals surface area contributed by atoms with Crippen LogP contribution in [0.3, 0.4) is 0 Å². The number of hydrogen-bond acceptors (Lipinski definition) is 7. The minimum absolute atomic E-state index is 0.223. The van der Waals surface area contributed by atoms with Crippen LogP contribution in [0.15, 0.2) is 120 Å². The lowest BCUT2D eigenvalue weighted by Gasteiger charge is -2.07. The predicted molar refractivity (Wildman–Crippen MR) is 191 cm³/mol. The normalized spacial score (nSPS) is 11.9. The van der Waals surface area contributed by atoms with Gasteiger partial charge in [-0.05, 0) is 78.2 Å². The zero-order valence-electron chi connectivity index (χ0n) is 26.4. The van der Waals surface area contributed by atoms with Gasteiger partial charge in [0.1, 0.15) is 23.8 Å². The van der Waals surface area contributed by atoms with E-state index < -0.39 is 0 Å². The third-order valence-corrected chi connectivity index (χ3v) is 8.65. The lowest BCUT2D eigenvalue weighted by Crippen LogP contribution is -2.23. The fraction of sp³-hybridized carbons (Fsp3) is 0.128. The molecule has 8 nitrogen and oxygen atoms in total. The van der Waals surface area contributed by atoms with Gasteiger partial charge in [0, 0.05) is 17.3 Å². The van der Waals surface area contributed by atoms with Gasteiger partial charge in [0.25, 0.3) is 5.56 Å². The van der Waals surface area contributed by atoms with Crippen molar-refractivity contribution < 1.29 is 9.47 Å². The third-order valence-electron chi connectivity index (χ3n) is 7.70. The summed E-state index contributed by atoms with van der Waals surface area (Å²) < 4.78 is 15.5. The molecule has 0 radical (unpaired) electrons. The van der Waals surface area contributed by atoms with Gasteiger partial charge in [-0.3, -0.25) is 4.79 Å². The van der Waals surface area contributed by atoms with Gasteiger partial charge in [-0.1, -0.05) is 91.4 Å². The molecule has 0 atom stereocenters. The van der Waals surface area contributed by atoms with E-state index in [1.54, 1.807) is 0 Å². The largest absolute Gasteiger partial charge is 0.494 e. The van der Waals surface area contributed by atoms with E-state index in [0.29, 0.717) is 28.5 Å². The Bertz CT molecular complexity index is 2260. The minimum Gasteiger partial charge on any atom is -0.494 e. The standard InChI is InChI=1S/C39H33N5O3S/c1-2-3-24-46-33-19-14-28(15-20-33)16-23-36-40-39-44(41-36)38(45)35(48-39)25-31-26-43(32-12-8-5-9-13-32)42-37(31)30-17-21-34(22-18-30)47-27-29-10-6-4-7-11-29/h4-23,25-26H,2-3,24,27H2,1H3/b23-16+,35-25-. The average molecular weight is 652 g/mol. The van der Waals surface area contributed by atoms with Crippen molar-refractivity contribution in [1.29, 1.82) is 0 Å². The van der Waals surface area contributed by atoms with Crippen molar-refractivity contribution in [2.24, 2.45) is 0 Å². The summed E-state index contributed by atoms with van der Waals surface area (Å²) in [5, 5.41) is 9.40. The molecule has 48 heavy (non-hydrogen) atoms. The number of fused-ring (bicyclic) bond motifs is 1. The molecule has 0 amide bonds. The van der Waals surface area contributed by atoms with E-state index in [4.69, 9.17) is 14.6 Å². The summed E-state index contributed by atoms with van der Waals surface area (Å²) in [6, 6.07) is 35.7. The maximum absolute atomic E-state index is 13.5. The highest BCUT2D eigenvalue weighted by molar-refractivity contribution is 7.15. The maximum atomic E-state index is 13.5. The predicted octanol–water partition coefficient (Wildman–Crippen LogP) is 7.48. The van der Waals surface area contributed by atoms with Gasteiger partial charge in [0.15, 0.2) is 5.82 Å². The van der Waals surface area contributed by atoms with Crippen LogP contribution in [0.4, 0.5) is 0 Å². The van der Waals surface area contributed by atoms with E-state index in [1.807, 2.05) is 138 Å². The zero-order chi connectivity index (χ0) is 32.7. The summed E-state index contributed by atoms with van der Waals surface area (Å²) in [6.45, 7) is 3.34. The topological polar surface area (TPSA) is 83.5 Å². The molecule has 0 aliphatic rings. The molecule has 238 valence electrons. The number of hydrogen-bond donors (Lipinski definition) is 0. The van der Waals surface area contributed by atoms with Gasteiger partial charge >= 0.3 is 0 Å². The molecule has 7 aromatic rings. The Morgan fingerprint density at radius 3 is 2.23 bits per heavy atom. The molecule has 3 heterocycles. The average Bonchev–Trinajstić information content (AvgIpc) is 3.82. The Kier molecular flexibility index (Phi) is 9.20.